The van der Waals surface area contributed by atoms with Gasteiger partial charge in [-0.2, -0.15) is 0 Å². The Morgan fingerprint density at radius 3 is 2.32 bits per heavy atom. The van der Waals surface area contributed by atoms with Crippen molar-refractivity contribution in [1.82, 2.24) is 5.32 Å². The molecule has 1 heterocycles. The summed E-state index contributed by atoms with van der Waals surface area (Å²) < 4.78 is 17.6. The third kappa shape index (κ3) is 5.26. The van der Waals surface area contributed by atoms with Gasteiger partial charge >= 0.3 is 5.97 Å². The molecule has 0 radical (unpaired) electrons. The normalized spacial score (nSPS) is 22.1. The molecule has 200 valence electrons. The van der Waals surface area contributed by atoms with Crippen LogP contribution in [-0.2, 0) is 14.3 Å². The molecule has 2 aromatic carbocycles. The summed E-state index contributed by atoms with van der Waals surface area (Å²) in [5.74, 6) is 0.734. The molecule has 1 N–H and O–H groups in total. The summed E-state index contributed by atoms with van der Waals surface area (Å²) in [6.07, 6.45) is 6.10. The third-order valence-corrected chi connectivity index (χ3v) is 8.59. The molecule has 3 aliphatic rings. The van der Waals surface area contributed by atoms with Crippen LogP contribution in [0.5, 0.6) is 11.5 Å². The fraction of sp³-hybridized carbons (Fsp3) is 0.419. The Bertz CT molecular complexity index is 1290. The van der Waals surface area contributed by atoms with E-state index in [9.17, 15) is 9.59 Å². The fourth-order valence-corrected chi connectivity index (χ4v) is 6.57. The van der Waals surface area contributed by atoms with Crippen LogP contribution in [0.1, 0.15) is 74.8 Å². The second-order valence-electron chi connectivity index (χ2n) is 10.3. The van der Waals surface area contributed by atoms with E-state index < -0.39 is 5.92 Å². The Balaban J connectivity index is 1.53. The zero-order valence-corrected chi connectivity index (χ0v) is 23.7. The van der Waals surface area contributed by atoms with Gasteiger partial charge < -0.3 is 19.5 Å². The van der Waals surface area contributed by atoms with Crippen LogP contribution < -0.4 is 14.8 Å². The number of dihydropyridines is 1. The number of Topliss-reactive ketones (excluding diaryl/α,β-unsaturated/α-hetero) is 1. The molecule has 0 amide bonds. The summed E-state index contributed by atoms with van der Waals surface area (Å²) in [4.78, 5) is 27.6. The van der Waals surface area contributed by atoms with Gasteiger partial charge in [-0.1, -0.05) is 24.6 Å². The van der Waals surface area contributed by atoms with Gasteiger partial charge in [0.15, 0.2) is 5.78 Å². The van der Waals surface area contributed by atoms with E-state index in [0.717, 1.165) is 58.4 Å². The number of allylic oxidation sites excluding steroid dienone is 3. The summed E-state index contributed by atoms with van der Waals surface area (Å²) in [6.45, 7) is 1.91. The largest absolute Gasteiger partial charge is 0.497 e. The van der Waals surface area contributed by atoms with Crippen molar-refractivity contribution in [3.63, 3.8) is 0 Å². The second kappa shape index (κ2) is 11.4. The average molecular weight is 581 g/mol. The van der Waals surface area contributed by atoms with E-state index in [1.807, 2.05) is 49.4 Å². The van der Waals surface area contributed by atoms with Crippen LogP contribution in [0.25, 0.3) is 0 Å². The van der Waals surface area contributed by atoms with Crippen molar-refractivity contribution >= 4 is 27.7 Å². The maximum absolute atomic E-state index is 13.9. The summed E-state index contributed by atoms with van der Waals surface area (Å²) in [5, 5.41) is 3.45. The fourth-order valence-electron chi connectivity index (χ4n) is 6.01. The van der Waals surface area contributed by atoms with Crippen molar-refractivity contribution in [2.24, 2.45) is 0 Å². The van der Waals surface area contributed by atoms with Gasteiger partial charge in [0.1, 0.15) is 17.6 Å². The lowest BCUT2D eigenvalue weighted by molar-refractivity contribution is -0.146. The quantitative estimate of drug-likeness (QED) is 0.384. The molecule has 1 fully saturated rings. The molecule has 2 atom stereocenters. The lowest BCUT2D eigenvalue weighted by atomic mass is 9.71. The lowest BCUT2D eigenvalue weighted by Gasteiger charge is -2.37. The topological polar surface area (TPSA) is 73.9 Å². The number of carbonyl (C=O) groups excluding carboxylic acids is 2. The highest BCUT2D eigenvalue weighted by Crippen LogP contribution is 2.47. The number of hydrogen-bond acceptors (Lipinski definition) is 6. The highest BCUT2D eigenvalue weighted by atomic mass is 79.9. The Morgan fingerprint density at radius 2 is 1.66 bits per heavy atom. The van der Waals surface area contributed by atoms with Gasteiger partial charge in [0.2, 0.25) is 0 Å². The number of methoxy groups -OCH3 is 2. The molecule has 7 heteroatoms. The molecular weight excluding hydrogens is 546 g/mol. The Labute approximate surface area is 232 Å². The van der Waals surface area contributed by atoms with Gasteiger partial charge in [-0.15, -0.1) is 0 Å². The van der Waals surface area contributed by atoms with E-state index in [1.54, 1.807) is 14.2 Å². The predicted octanol–water partition coefficient (Wildman–Crippen LogP) is 6.70. The van der Waals surface area contributed by atoms with Gasteiger partial charge in [0.25, 0.3) is 0 Å². The summed E-state index contributed by atoms with van der Waals surface area (Å²) in [6, 6.07) is 13.7. The first-order chi connectivity index (χ1) is 18.4. The van der Waals surface area contributed by atoms with Crippen molar-refractivity contribution in [2.75, 3.05) is 14.2 Å². The summed E-state index contributed by atoms with van der Waals surface area (Å²) in [7, 11) is 3.26. The van der Waals surface area contributed by atoms with Crippen LogP contribution in [0.4, 0.5) is 0 Å². The van der Waals surface area contributed by atoms with E-state index in [0.29, 0.717) is 29.7 Å². The number of esters is 1. The summed E-state index contributed by atoms with van der Waals surface area (Å²) >= 11 is 3.60. The van der Waals surface area contributed by atoms with Crippen molar-refractivity contribution in [2.45, 2.75) is 69.8 Å². The molecule has 2 aromatic rings. The molecule has 1 saturated carbocycles. The highest BCUT2D eigenvalue weighted by Gasteiger charge is 2.42. The van der Waals surface area contributed by atoms with Crippen LogP contribution in [0, 0.1) is 0 Å². The Morgan fingerprint density at radius 1 is 0.947 bits per heavy atom. The molecule has 6 nitrogen and oxygen atoms in total. The third-order valence-electron chi connectivity index (χ3n) is 7.97. The van der Waals surface area contributed by atoms with Crippen LogP contribution in [0.15, 0.2) is 69.5 Å². The molecule has 2 aliphatic carbocycles. The number of benzene rings is 2. The van der Waals surface area contributed by atoms with E-state index in [1.165, 1.54) is 6.42 Å². The molecule has 5 rings (SSSR count). The minimum atomic E-state index is -0.506. The monoisotopic (exact) mass is 579 g/mol. The van der Waals surface area contributed by atoms with Crippen LogP contribution in [0.3, 0.4) is 0 Å². The molecular formula is C31H34BrNO5. The van der Waals surface area contributed by atoms with E-state index in [2.05, 4.69) is 21.2 Å². The first kappa shape index (κ1) is 26.5. The molecule has 38 heavy (non-hydrogen) atoms. The molecule has 0 aromatic heterocycles. The minimum Gasteiger partial charge on any atom is -0.497 e. The van der Waals surface area contributed by atoms with E-state index in [4.69, 9.17) is 14.2 Å². The number of carbonyl (C=O) groups is 2. The highest BCUT2D eigenvalue weighted by molar-refractivity contribution is 9.10. The van der Waals surface area contributed by atoms with Crippen molar-refractivity contribution in [1.29, 1.82) is 0 Å². The van der Waals surface area contributed by atoms with Crippen molar-refractivity contribution in [3.05, 3.63) is 80.6 Å². The SMILES string of the molecule is COc1ccc([C@H]2CC(=O)C3=C(C2)NC(C)=C(C(=O)OC2CCCCC2)[C@@H]3c2ccc(OC)c(Br)c2)cc1. The van der Waals surface area contributed by atoms with E-state index >= 15 is 0 Å². The molecule has 0 spiro atoms. The van der Waals surface area contributed by atoms with Crippen LogP contribution in [0.2, 0.25) is 0 Å². The predicted molar refractivity (Wildman–Crippen MR) is 149 cm³/mol. The average Bonchev–Trinajstić information content (AvgIpc) is 2.92. The number of halogens is 1. The van der Waals surface area contributed by atoms with Crippen molar-refractivity contribution < 1.29 is 23.8 Å². The molecule has 0 unspecified atom stereocenters. The van der Waals surface area contributed by atoms with Crippen LogP contribution in [-0.4, -0.2) is 32.1 Å². The molecule has 0 saturated heterocycles. The maximum atomic E-state index is 13.9. The van der Waals surface area contributed by atoms with E-state index in [-0.39, 0.29) is 23.8 Å². The second-order valence-corrected chi connectivity index (χ2v) is 11.2. The lowest BCUT2D eigenvalue weighted by Crippen LogP contribution is -2.37. The van der Waals surface area contributed by atoms with Gasteiger partial charge in [0, 0.05) is 29.3 Å². The smallest absolute Gasteiger partial charge is 0.337 e. The van der Waals surface area contributed by atoms with Gasteiger partial charge in [0.05, 0.1) is 24.3 Å². The van der Waals surface area contributed by atoms with Crippen molar-refractivity contribution in [3.8, 4) is 11.5 Å². The number of nitrogens with one attached hydrogen (secondary N) is 1. The summed E-state index contributed by atoms with van der Waals surface area (Å²) in [5.41, 5.74) is 4.75. The van der Waals surface area contributed by atoms with Gasteiger partial charge in [-0.05, 0) is 96.3 Å². The van der Waals surface area contributed by atoms with Crippen LogP contribution >= 0.6 is 15.9 Å². The zero-order chi connectivity index (χ0) is 26.8. The standard InChI is InChI=1S/C31H34BrNO5/c1-18-28(31(35)38-23-7-5-4-6-8-23)29(20-11-14-27(37-3)24(32)15-20)30-25(33-18)16-21(17-26(30)34)19-9-12-22(36-2)13-10-19/h9-15,21,23,29,33H,4-8,16-17H2,1-3H3/t21-,29+/m1/s1. The molecule has 0 bridgehead atoms. The first-order valence-electron chi connectivity index (χ1n) is 13.3. The zero-order valence-electron chi connectivity index (χ0n) is 22.1. The Hall–Kier alpha value is -3.06. The minimum absolute atomic E-state index is 0.0476. The number of ether oxygens (including phenoxy) is 3. The molecule has 1 aliphatic heterocycles. The number of ketones is 1. The first-order valence-corrected chi connectivity index (χ1v) is 14.1. The number of rotatable bonds is 6. The van der Waals surface area contributed by atoms with Gasteiger partial charge in [-0.3, -0.25) is 4.79 Å². The Kier molecular flexibility index (Phi) is 7.93. The van der Waals surface area contributed by atoms with Gasteiger partial charge in [-0.25, -0.2) is 4.79 Å². The maximum Gasteiger partial charge on any atom is 0.337 e. The number of hydrogen-bond donors (Lipinski definition) is 1.